The molecule has 0 atom stereocenters. The summed E-state index contributed by atoms with van der Waals surface area (Å²) in [7, 11) is 0. The van der Waals surface area contributed by atoms with Crippen LogP contribution in [-0.2, 0) is 19.3 Å². The van der Waals surface area contributed by atoms with E-state index in [1.54, 1.807) is 22.3 Å². The lowest BCUT2D eigenvalue weighted by Crippen LogP contribution is -2.00. The van der Waals surface area contributed by atoms with Gasteiger partial charge in [0.05, 0.1) is 0 Å². The average molecular weight is 381 g/mol. The monoisotopic (exact) mass is 380 g/mol. The highest BCUT2D eigenvalue weighted by molar-refractivity contribution is 5.65. The zero-order valence-corrected chi connectivity index (χ0v) is 18.5. The minimum Gasteiger partial charge on any atom is -0.0795 e. The molecule has 0 N–H and O–H groups in total. The lowest BCUT2D eigenvalue weighted by atomic mass is 9.90. The van der Waals surface area contributed by atoms with Crippen molar-refractivity contribution < 1.29 is 0 Å². The van der Waals surface area contributed by atoms with Crippen molar-refractivity contribution in [1.29, 1.82) is 0 Å². The van der Waals surface area contributed by atoms with E-state index in [1.807, 2.05) is 0 Å². The Balaban J connectivity index is 1.52. The molecule has 0 heterocycles. The molecule has 3 rings (SSSR count). The van der Waals surface area contributed by atoms with Gasteiger partial charge in [0, 0.05) is 0 Å². The number of benzene rings is 1. The molecule has 0 fully saturated rings. The molecule has 0 aromatic heterocycles. The molecule has 0 radical (unpaired) electrons. The fourth-order valence-electron chi connectivity index (χ4n) is 5.25. The lowest BCUT2D eigenvalue weighted by molar-refractivity contribution is 0.527. The molecule has 2 aliphatic carbocycles. The molecule has 28 heavy (non-hydrogen) atoms. The van der Waals surface area contributed by atoms with Gasteiger partial charge in [0.15, 0.2) is 0 Å². The SMILES string of the molecule is C1=Cc2c(ccc3c2CCCCCCCCCCCCCCCCCCC3)C1. The smallest absolute Gasteiger partial charge is 0.00881 e. The molecule has 2 aliphatic rings. The van der Waals surface area contributed by atoms with Crippen molar-refractivity contribution >= 4 is 6.08 Å². The highest BCUT2D eigenvalue weighted by atomic mass is 14.2. The van der Waals surface area contributed by atoms with E-state index in [-0.39, 0.29) is 0 Å². The van der Waals surface area contributed by atoms with Crippen LogP contribution in [-0.4, -0.2) is 0 Å². The molecular weight excluding hydrogens is 336 g/mol. The van der Waals surface area contributed by atoms with Crippen LogP contribution >= 0.6 is 0 Å². The molecule has 1 aromatic carbocycles. The Kier molecular flexibility index (Phi) is 10.2. The summed E-state index contributed by atoms with van der Waals surface area (Å²) in [5.74, 6) is 0. The summed E-state index contributed by atoms with van der Waals surface area (Å²) in [6.07, 6.45) is 33.2. The molecule has 156 valence electrons. The normalized spacial score (nSPS) is 21.4. The van der Waals surface area contributed by atoms with Gasteiger partial charge in [0.2, 0.25) is 0 Å². The molecule has 0 saturated heterocycles. The van der Waals surface area contributed by atoms with E-state index >= 15 is 0 Å². The van der Waals surface area contributed by atoms with Crippen LogP contribution in [0.15, 0.2) is 18.2 Å². The van der Waals surface area contributed by atoms with E-state index in [0.29, 0.717) is 0 Å². The quantitative estimate of drug-likeness (QED) is 0.421. The van der Waals surface area contributed by atoms with Crippen LogP contribution in [0.1, 0.15) is 131 Å². The van der Waals surface area contributed by atoms with Crippen LogP contribution in [0, 0.1) is 0 Å². The summed E-state index contributed by atoms with van der Waals surface area (Å²) in [5.41, 5.74) is 6.54. The maximum absolute atomic E-state index is 2.47. The number of hydrogen-bond acceptors (Lipinski definition) is 0. The van der Waals surface area contributed by atoms with E-state index in [2.05, 4.69) is 24.3 Å². The molecule has 0 spiro atoms. The fraction of sp³-hybridized carbons (Fsp3) is 0.714. The van der Waals surface area contributed by atoms with Crippen molar-refractivity contribution in [3.8, 4) is 0 Å². The van der Waals surface area contributed by atoms with Crippen LogP contribution in [0.2, 0.25) is 0 Å². The number of fused-ring (bicyclic) bond motifs is 3. The largest absolute Gasteiger partial charge is 0.0795 e. The third-order valence-electron chi connectivity index (χ3n) is 7.04. The zero-order valence-electron chi connectivity index (χ0n) is 18.5. The average Bonchev–Trinajstić information content (AvgIpc) is 3.19. The predicted molar refractivity (Wildman–Crippen MR) is 125 cm³/mol. The highest BCUT2D eigenvalue weighted by Gasteiger charge is 2.13. The lowest BCUT2D eigenvalue weighted by Gasteiger charge is -2.15. The second-order valence-corrected chi connectivity index (χ2v) is 9.39. The summed E-state index contributed by atoms with van der Waals surface area (Å²) < 4.78 is 0. The van der Waals surface area contributed by atoms with Gasteiger partial charge in [-0.15, -0.1) is 0 Å². The van der Waals surface area contributed by atoms with Crippen LogP contribution in [0.25, 0.3) is 6.08 Å². The van der Waals surface area contributed by atoms with Gasteiger partial charge in [-0.05, 0) is 54.4 Å². The first-order valence-electron chi connectivity index (χ1n) is 12.8. The maximum Gasteiger partial charge on any atom is -0.00881 e. The first-order chi connectivity index (χ1) is 13.9. The van der Waals surface area contributed by atoms with Gasteiger partial charge in [0.1, 0.15) is 0 Å². The number of allylic oxidation sites excluding steroid dienone is 1. The van der Waals surface area contributed by atoms with Crippen molar-refractivity contribution in [3.63, 3.8) is 0 Å². The van der Waals surface area contributed by atoms with E-state index in [1.165, 1.54) is 122 Å². The molecule has 0 bridgehead atoms. The molecule has 0 saturated carbocycles. The van der Waals surface area contributed by atoms with Gasteiger partial charge in [-0.1, -0.05) is 121 Å². The van der Waals surface area contributed by atoms with Crippen LogP contribution in [0.5, 0.6) is 0 Å². The second kappa shape index (κ2) is 13.2. The number of aryl methyl sites for hydroxylation is 1. The summed E-state index contributed by atoms with van der Waals surface area (Å²) in [6.45, 7) is 0. The van der Waals surface area contributed by atoms with Gasteiger partial charge in [-0.3, -0.25) is 0 Å². The minimum atomic E-state index is 1.16. The van der Waals surface area contributed by atoms with E-state index in [4.69, 9.17) is 0 Å². The van der Waals surface area contributed by atoms with E-state index in [0.717, 1.165) is 6.42 Å². The molecule has 0 aliphatic heterocycles. The second-order valence-electron chi connectivity index (χ2n) is 9.39. The Morgan fingerprint density at radius 3 is 1.39 bits per heavy atom. The zero-order chi connectivity index (χ0) is 19.3. The molecule has 1 aromatic rings. The standard InChI is InChI=1S/C28H44/c1-2-4-6-8-10-12-14-16-19-25-23-24-26-20-18-22-28(26)27(25)21-17-15-13-11-9-7-5-3-1/h18,22-24H,1-17,19-21H2. The van der Waals surface area contributed by atoms with Crippen molar-refractivity contribution in [1.82, 2.24) is 0 Å². The topological polar surface area (TPSA) is 0 Å². The Hall–Kier alpha value is -1.04. The summed E-state index contributed by atoms with van der Waals surface area (Å²) in [6, 6.07) is 4.88. The van der Waals surface area contributed by atoms with Gasteiger partial charge in [0.25, 0.3) is 0 Å². The van der Waals surface area contributed by atoms with Crippen LogP contribution in [0.3, 0.4) is 0 Å². The van der Waals surface area contributed by atoms with E-state index < -0.39 is 0 Å². The van der Waals surface area contributed by atoms with Crippen molar-refractivity contribution in [2.45, 2.75) is 128 Å². The highest BCUT2D eigenvalue weighted by Crippen LogP contribution is 2.29. The van der Waals surface area contributed by atoms with Crippen molar-refractivity contribution in [2.75, 3.05) is 0 Å². The van der Waals surface area contributed by atoms with Gasteiger partial charge in [-0.25, -0.2) is 0 Å². The Morgan fingerprint density at radius 1 is 0.429 bits per heavy atom. The van der Waals surface area contributed by atoms with Gasteiger partial charge in [-0.2, -0.15) is 0 Å². The molecule has 0 heteroatoms. The third kappa shape index (κ3) is 7.41. The first-order valence-corrected chi connectivity index (χ1v) is 12.8. The summed E-state index contributed by atoms with van der Waals surface area (Å²) in [4.78, 5) is 0. The van der Waals surface area contributed by atoms with Crippen molar-refractivity contribution in [2.24, 2.45) is 0 Å². The maximum atomic E-state index is 2.47. The first kappa shape index (κ1) is 21.7. The predicted octanol–water partition coefficient (Wildman–Crippen LogP) is 8.99. The Labute approximate surface area is 175 Å². The van der Waals surface area contributed by atoms with Crippen LogP contribution < -0.4 is 0 Å². The van der Waals surface area contributed by atoms with Gasteiger partial charge < -0.3 is 0 Å². The third-order valence-corrected chi connectivity index (χ3v) is 7.04. The number of hydrogen-bond donors (Lipinski definition) is 0. The molecule has 0 unspecified atom stereocenters. The Morgan fingerprint density at radius 2 is 0.857 bits per heavy atom. The minimum absolute atomic E-state index is 1.16. The summed E-state index contributed by atoms with van der Waals surface area (Å²) in [5, 5.41) is 0. The summed E-state index contributed by atoms with van der Waals surface area (Å²) >= 11 is 0. The Bertz CT molecular complexity index is 580. The number of rotatable bonds is 0. The fourth-order valence-corrected chi connectivity index (χ4v) is 5.25. The molecule has 0 amide bonds. The van der Waals surface area contributed by atoms with Crippen molar-refractivity contribution in [3.05, 3.63) is 40.5 Å². The molecular formula is C28H44. The van der Waals surface area contributed by atoms with E-state index in [9.17, 15) is 0 Å². The molecule has 0 nitrogen and oxygen atoms in total. The van der Waals surface area contributed by atoms with Crippen LogP contribution in [0.4, 0.5) is 0 Å². The van der Waals surface area contributed by atoms with Gasteiger partial charge >= 0.3 is 0 Å².